The normalized spacial score (nSPS) is 12.0. The molecule has 4 nitrogen and oxygen atoms in total. The van der Waals surface area contributed by atoms with Crippen LogP contribution >= 0.6 is 0 Å². The molecule has 0 unspecified atom stereocenters. The molecule has 0 radical (unpaired) electrons. The maximum Gasteiger partial charge on any atom is 0.294 e. The van der Waals surface area contributed by atoms with Gasteiger partial charge in [-0.1, -0.05) is 12.1 Å². The van der Waals surface area contributed by atoms with Crippen molar-refractivity contribution in [1.82, 2.24) is 4.90 Å². The highest BCUT2D eigenvalue weighted by molar-refractivity contribution is 7.85. The highest BCUT2D eigenvalue weighted by atomic mass is 32.2. The lowest BCUT2D eigenvalue weighted by Gasteiger charge is -2.08. The molecule has 0 spiro atoms. The fourth-order valence-corrected chi connectivity index (χ4v) is 1.91. The quantitative estimate of drug-likeness (QED) is 0.795. The first kappa shape index (κ1) is 13.2. The minimum Gasteiger partial charge on any atom is -0.309 e. The molecule has 0 amide bonds. The Bertz CT molecular complexity index is 423. The van der Waals surface area contributed by atoms with Gasteiger partial charge in [-0.25, -0.2) is 0 Å². The van der Waals surface area contributed by atoms with Gasteiger partial charge in [0, 0.05) is 0 Å². The number of aryl methyl sites for hydroxylation is 1. The second-order valence-corrected chi connectivity index (χ2v) is 5.45. The summed E-state index contributed by atoms with van der Waals surface area (Å²) < 4.78 is 30.4. The van der Waals surface area contributed by atoms with Crippen LogP contribution in [0.25, 0.3) is 0 Å². The molecule has 1 aromatic rings. The smallest absolute Gasteiger partial charge is 0.294 e. The van der Waals surface area contributed by atoms with Gasteiger partial charge in [0.2, 0.25) is 0 Å². The van der Waals surface area contributed by atoms with Crippen molar-refractivity contribution >= 4 is 10.1 Å². The SMILES string of the molecule is CN(C)CCCc1ccc(S(=O)(=O)O)cc1. The molecule has 0 aliphatic carbocycles. The van der Waals surface area contributed by atoms with Crippen LogP contribution in [0.2, 0.25) is 0 Å². The average Bonchev–Trinajstić information content (AvgIpc) is 2.16. The van der Waals surface area contributed by atoms with E-state index in [1.54, 1.807) is 12.1 Å². The fraction of sp³-hybridized carbons (Fsp3) is 0.455. The Kier molecular flexibility index (Phi) is 4.46. The van der Waals surface area contributed by atoms with Crippen LogP contribution in [0.4, 0.5) is 0 Å². The van der Waals surface area contributed by atoms with Gasteiger partial charge in [-0.15, -0.1) is 0 Å². The minimum absolute atomic E-state index is 0.0520. The van der Waals surface area contributed by atoms with Gasteiger partial charge in [0.1, 0.15) is 0 Å². The molecule has 0 saturated heterocycles. The Morgan fingerprint density at radius 1 is 1.19 bits per heavy atom. The van der Waals surface area contributed by atoms with E-state index in [9.17, 15) is 8.42 Å². The third-order valence-corrected chi connectivity index (χ3v) is 3.16. The first-order valence-electron chi connectivity index (χ1n) is 5.11. The van der Waals surface area contributed by atoms with Gasteiger partial charge >= 0.3 is 0 Å². The number of hydrogen-bond acceptors (Lipinski definition) is 3. The number of benzene rings is 1. The largest absolute Gasteiger partial charge is 0.309 e. The van der Waals surface area contributed by atoms with E-state index < -0.39 is 10.1 Å². The van der Waals surface area contributed by atoms with Gasteiger partial charge in [-0.2, -0.15) is 8.42 Å². The first-order valence-corrected chi connectivity index (χ1v) is 6.55. The van der Waals surface area contributed by atoms with Crippen molar-refractivity contribution < 1.29 is 13.0 Å². The predicted molar refractivity (Wildman–Crippen MR) is 63.1 cm³/mol. The summed E-state index contributed by atoms with van der Waals surface area (Å²) >= 11 is 0. The van der Waals surface area contributed by atoms with Crippen LogP contribution in [0.1, 0.15) is 12.0 Å². The van der Waals surface area contributed by atoms with Crippen LogP contribution in [0.3, 0.4) is 0 Å². The van der Waals surface area contributed by atoms with Crippen LogP contribution in [0.15, 0.2) is 29.2 Å². The van der Waals surface area contributed by atoms with Gasteiger partial charge in [-0.3, -0.25) is 4.55 Å². The summed E-state index contributed by atoms with van der Waals surface area (Å²) in [6.07, 6.45) is 1.93. The second kappa shape index (κ2) is 5.43. The van der Waals surface area contributed by atoms with Crippen molar-refractivity contribution in [2.24, 2.45) is 0 Å². The number of hydrogen-bond donors (Lipinski definition) is 1. The molecule has 1 aromatic carbocycles. The van der Waals surface area contributed by atoms with Crippen LogP contribution in [0, 0.1) is 0 Å². The Morgan fingerprint density at radius 3 is 2.19 bits per heavy atom. The van der Waals surface area contributed by atoms with Gasteiger partial charge in [-0.05, 0) is 51.2 Å². The Balaban J connectivity index is 2.59. The summed E-state index contributed by atoms with van der Waals surface area (Å²) in [5.74, 6) is 0. The molecule has 1 N–H and O–H groups in total. The van der Waals surface area contributed by atoms with Gasteiger partial charge in [0.25, 0.3) is 10.1 Å². The molecule has 16 heavy (non-hydrogen) atoms. The molecule has 0 aromatic heterocycles. The summed E-state index contributed by atoms with van der Waals surface area (Å²) in [5, 5.41) is 0. The zero-order valence-corrected chi connectivity index (χ0v) is 10.4. The zero-order valence-electron chi connectivity index (χ0n) is 9.55. The van der Waals surface area contributed by atoms with Gasteiger partial charge in [0.05, 0.1) is 4.90 Å². The third kappa shape index (κ3) is 4.30. The molecule has 0 aliphatic heterocycles. The van der Waals surface area contributed by atoms with Crippen LogP contribution in [-0.2, 0) is 16.5 Å². The van der Waals surface area contributed by atoms with Crippen molar-refractivity contribution in [2.75, 3.05) is 20.6 Å². The number of nitrogens with zero attached hydrogens (tertiary/aromatic N) is 1. The van der Waals surface area contributed by atoms with Crippen molar-refractivity contribution in [3.8, 4) is 0 Å². The highest BCUT2D eigenvalue weighted by Gasteiger charge is 2.08. The van der Waals surface area contributed by atoms with Crippen molar-refractivity contribution in [3.63, 3.8) is 0 Å². The average molecular weight is 243 g/mol. The summed E-state index contributed by atoms with van der Waals surface area (Å²) in [4.78, 5) is 2.05. The molecule has 0 heterocycles. The summed E-state index contributed by atoms with van der Waals surface area (Å²) in [7, 11) is -0.0311. The molecular formula is C11H17NO3S. The molecule has 5 heteroatoms. The Morgan fingerprint density at radius 2 is 1.75 bits per heavy atom. The number of rotatable bonds is 5. The van der Waals surface area contributed by atoms with Crippen LogP contribution < -0.4 is 0 Å². The van der Waals surface area contributed by atoms with Crippen molar-refractivity contribution in [3.05, 3.63) is 29.8 Å². The standard InChI is InChI=1S/C11H17NO3S/c1-12(2)9-3-4-10-5-7-11(8-6-10)16(13,14)15/h5-8H,3-4,9H2,1-2H3,(H,13,14,15). The van der Waals surface area contributed by atoms with E-state index in [0.717, 1.165) is 24.9 Å². The lowest BCUT2D eigenvalue weighted by molar-refractivity contribution is 0.400. The summed E-state index contributed by atoms with van der Waals surface area (Å²) in [5.41, 5.74) is 1.08. The third-order valence-electron chi connectivity index (χ3n) is 2.29. The lowest BCUT2D eigenvalue weighted by atomic mass is 10.1. The minimum atomic E-state index is -4.06. The molecular weight excluding hydrogens is 226 g/mol. The van der Waals surface area contributed by atoms with Crippen LogP contribution in [0.5, 0.6) is 0 Å². The van der Waals surface area contributed by atoms with E-state index in [4.69, 9.17) is 4.55 Å². The molecule has 0 aliphatic rings. The summed E-state index contributed by atoms with van der Waals surface area (Å²) in [6, 6.07) is 6.33. The zero-order chi connectivity index (χ0) is 12.2. The van der Waals surface area contributed by atoms with Crippen LogP contribution in [-0.4, -0.2) is 38.5 Å². The van der Waals surface area contributed by atoms with E-state index >= 15 is 0 Å². The van der Waals surface area contributed by atoms with E-state index in [0.29, 0.717) is 0 Å². The fourth-order valence-electron chi connectivity index (χ4n) is 1.43. The van der Waals surface area contributed by atoms with Gasteiger partial charge < -0.3 is 4.90 Å². The molecule has 0 fully saturated rings. The van der Waals surface area contributed by atoms with Crippen molar-refractivity contribution in [2.45, 2.75) is 17.7 Å². The Hall–Kier alpha value is -0.910. The summed E-state index contributed by atoms with van der Waals surface area (Å²) in [6.45, 7) is 1.00. The van der Waals surface area contributed by atoms with E-state index in [1.165, 1.54) is 12.1 Å². The molecule has 90 valence electrons. The Labute approximate surface area is 96.6 Å². The van der Waals surface area contributed by atoms with E-state index in [2.05, 4.69) is 4.90 Å². The van der Waals surface area contributed by atoms with Gasteiger partial charge in [0.15, 0.2) is 0 Å². The predicted octanol–water partition coefficient (Wildman–Crippen LogP) is 1.43. The first-order chi connectivity index (χ1) is 7.39. The lowest BCUT2D eigenvalue weighted by Crippen LogP contribution is -2.13. The maximum absolute atomic E-state index is 10.8. The van der Waals surface area contributed by atoms with E-state index in [-0.39, 0.29) is 4.90 Å². The molecule has 0 atom stereocenters. The van der Waals surface area contributed by atoms with Crippen molar-refractivity contribution in [1.29, 1.82) is 0 Å². The maximum atomic E-state index is 10.8. The molecule has 0 saturated carbocycles. The monoisotopic (exact) mass is 243 g/mol. The second-order valence-electron chi connectivity index (χ2n) is 4.03. The molecule has 1 rings (SSSR count). The topological polar surface area (TPSA) is 57.6 Å². The molecule has 0 bridgehead atoms. The highest BCUT2D eigenvalue weighted by Crippen LogP contribution is 2.11. The van der Waals surface area contributed by atoms with E-state index in [1.807, 2.05) is 14.1 Å².